The normalized spacial score (nSPS) is 14.6. The molecule has 31 heavy (non-hydrogen) atoms. The lowest BCUT2D eigenvalue weighted by Gasteiger charge is -2.26. The number of carbonyl (C=O) groups is 3. The molecule has 0 aliphatic carbocycles. The van der Waals surface area contributed by atoms with Gasteiger partial charge in [-0.1, -0.05) is 23.7 Å². The summed E-state index contributed by atoms with van der Waals surface area (Å²) in [7, 11) is -3.77. The molecule has 2 aromatic rings. The Morgan fingerprint density at radius 1 is 1.13 bits per heavy atom. The van der Waals surface area contributed by atoms with Crippen LogP contribution in [0.5, 0.6) is 0 Å². The fourth-order valence-corrected chi connectivity index (χ4v) is 4.39. The highest BCUT2D eigenvalue weighted by Crippen LogP contribution is 2.27. The van der Waals surface area contributed by atoms with Crippen LogP contribution in [0.15, 0.2) is 47.4 Å². The molecule has 0 atom stereocenters. The summed E-state index contributed by atoms with van der Waals surface area (Å²) in [6, 6.07) is 9.68. The van der Waals surface area contributed by atoms with Crippen molar-refractivity contribution in [2.45, 2.75) is 4.90 Å². The van der Waals surface area contributed by atoms with Crippen molar-refractivity contribution < 1.29 is 32.3 Å². The standard InChI is InChI=1S/C20H19ClN2O7S/c21-17-6-5-16(31(27,28)23-7-9-29-10-8-23)11-18(17)22-19(25)13-30-20(26)15-3-1-14(12-24)2-4-15/h1-6,11-12H,7-10,13H2,(H,22,25). The van der Waals surface area contributed by atoms with Crippen LogP contribution < -0.4 is 5.32 Å². The van der Waals surface area contributed by atoms with Crippen LogP contribution >= 0.6 is 11.6 Å². The van der Waals surface area contributed by atoms with Gasteiger partial charge in [0.05, 0.1) is 34.4 Å². The number of rotatable bonds is 7. The molecule has 0 spiro atoms. The van der Waals surface area contributed by atoms with Crippen molar-refractivity contribution in [3.05, 3.63) is 58.6 Å². The number of nitrogens with zero attached hydrogens (tertiary/aromatic N) is 1. The molecule has 0 radical (unpaired) electrons. The molecule has 0 unspecified atom stereocenters. The quantitative estimate of drug-likeness (QED) is 0.489. The Labute approximate surface area is 183 Å². The van der Waals surface area contributed by atoms with Crippen LogP contribution in [0.25, 0.3) is 0 Å². The number of esters is 1. The number of amides is 1. The average molecular weight is 467 g/mol. The number of ether oxygens (including phenoxy) is 2. The van der Waals surface area contributed by atoms with E-state index in [2.05, 4.69) is 5.32 Å². The van der Waals surface area contributed by atoms with E-state index in [0.29, 0.717) is 25.1 Å². The average Bonchev–Trinajstić information content (AvgIpc) is 2.79. The Kier molecular flexibility index (Phi) is 7.39. The van der Waals surface area contributed by atoms with Crippen LogP contribution in [0.3, 0.4) is 0 Å². The summed E-state index contributed by atoms with van der Waals surface area (Å²) in [6.07, 6.45) is 0.639. The molecule has 164 valence electrons. The Morgan fingerprint density at radius 2 is 1.81 bits per heavy atom. The van der Waals surface area contributed by atoms with Gasteiger partial charge in [0.25, 0.3) is 5.91 Å². The third kappa shape index (κ3) is 5.67. The minimum absolute atomic E-state index is 0.0265. The molecule has 2 aromatic carbocycles. The van der Waals surface area contributed by atoms with Crippen molar-refractivity contribution in [2.24, 2.45) is 0 Å². The van der Waals surface area contributed by atoms with E-state index in [1.54, 1.807) is 0 Å². The molecule has 1 fully saturated rings. The Balaban J connectivity index is 1.64. The fraction of sp³-hybridized carbons (Fsp3) is 0.250. The van der Waals surface area contributed by atoms with E-state index in [4.69, 9.17) is 21.1 Å². The summed E-state index contributed by atoms with van der Waals surface area (Å²) in [5.41, 5.74) is 0.651. The highest BCUT2D eigenvalue weighted by molar-refractivity contribution is 7.89. The molecular formula is C20H19ClN2O7S. The molecule has 9 nitrogen and oxygen atoms in total. The van der Waals surface area contributed by atoms with Crippen LogP contribution in [0, 0.1) is 0 Å². The number of halogens is 1. The van der Waals surface area contributed by atoms with Gasteiger partial charge in [-0.2, -0.15) is 4.31 Å². The molecule has 0 bridgehead atoms. The predicted octanol–water partition coefficient (Wildman–Crippen LogP) is 1.97. The number of sulfonamides is 1. The van der Waals surface area contributed by atoms with Crippen molar-refractivity contribution in [1.82, 2.24) is 4.31 Å². The van der Waals surface area contributed by atoms with E-state index in [-0.39, 0.29) is 34.3 Å². The lowest BCUT2D eigenvalue weighted by molar-refractivity contribution is -0.119. The maximum Gasteiger partial charge on any atom is 0.338 e. The summed E-state index contributed by atoms with van der Waals surface area (Å²) in [5.74, 6) is -1.44. The van der Waals surface area contributed by atoms with Gasteiger partial charge in [-0.25, -0.2) is 13.2 Å². The van der Waals surface area contributed by atoms with Crippen LogP contribution in [0.1, 0.15) is 20.7 Å². The van der Waals surface area contributed by atoms with Crippen molar-refractivity contribution in [2.75, 3.05) is 38.2 Å². The highest BCUT2D eigenvalue weighted by Gasteiger charge is 2.27. The molecule has 3 rings (SSSR count). The number of hydrogen-bond acceptors (Lipinski definition) is 7. The first kappa shape index (κ1) is 22.9. The smallest absolute Gasteiger partial charge is 0.338 e. The molecular weight excluding hydrogens is 448 g/mol. The summed E-state index contributed by atoms with van der Waals surface area (Å²) >= 11 is 6.08. The van der Waals surface area contributed by atoms with Gasteiger partial charge < -0.3 is 14.8 Å². The monoisotopic (exact) mass is 466 g/mol. The molecule has 0 saturated carbocycles. The van der Waals surface area contributed by atoms with Gasteiger partial charge in [-0.3, -0.25) is 9.59 Å². The first-order valence-electron chi connectivity index (χ1n) is 9.21. The van der Waals surface area contributed by atoms with Gasteiger partial charge >= 0.3 is 5.97 Å². The van der Waals surface area contributed by atoms with Crippen molar-refractivity contribution in [1.29, 1.82) is 0 Å². The van der Waals surface area contributed by atoms with E-state index < -0.39 is 28.5 Å². The zero-order valence-electron chi connectivity index (χ0n) is 16.2. The van der Waals surface area contributed by atoms with E-state index >= 15 is 0 Å². The second-order valence-electron chi connectivity index (χ2n) is 6.52. The lowest BCUT2D eigenvalue weighted by Crippen LogP contribution is -2.40. The molecule has 0 aromatic heterocycles. The molecule has 11 heteroatoms. The summed E-state index contributed by atoms with van der Waals surface area (Å²) < 4.78 is 37.0. The largest absolute Gasteiger partial charge is 0.452 e. The van der Waals surface area contributed by atoms with Crippen molar-refractivity contribution >= 4 is 45.5 Å². The minimum Gasteiger partial charge on any atom is -0.452 e. The predicted molar refractivity (Wildman–Crippen MR) is 112 cm³/mol. The molecule has 1 aliphatic heterocycles. The van der Waals surface area contributed by atoms with Gasteiger partial charge in [-0.15, -0.1) is 0 Å². The second kappa shape index (κ2) is 10.0. The molecule has 1 N–H and O–H groups in total. The van der Waals surface area contributed by atoms with Crippen molar-refractivity contribution in [3.8, 4) is 0 Å². The lowest BCUT2D eigenvalue weighted by atomic mass is 10.1. The maximum absolute atomic E-state index is 12.8. The number of morpholine rings is 1. The van der Waals surface area contributed by atoms with Gasteiger partial charge in [0, 0.05) is 18.7 Å². The van der Waals surface area contributed by atoms with E-state index in [9.17, 15) is 22.8 Å². The summed E-state index contributed by atoms with van der Waals surface area (Å²) in [5, 5.41) is 2.58. The number of benzene rings is 2. The third-order valence-corrected chi connectivity index (χ3v) is 6.66. The summed E-state index contributed by atoms with van der Waals surface area (Å²) in [4.78, 5) is 34.8. The van der Waals surface area contributed by atoms with Gasteiger partial charge in [0.1, 0.15) is 6.29 Å². The third-order valence-electron chi connectivity index (χ3n) is 4.44. The van der Waals surface area contributed by atoms with Crippen LogP contribution in [-0.2, 0) is 24.3 Å². The summed E-state index contributed by atoms with van der Waals surface area (Å²) in [6.45, 7) is 0.469. The Bertz CT molecular complexity index is 1080. The first-order chi connectivity index (χ1) is 14.8. The molecule has 1 heterocycles. The van der Waals surface area contributed by atoms with Crippen LogP contribution in [0.4, 0.5) is 5.69 Å². The van der Waals surface area contributed by atoms with E-state index in [1.807, 2.05) is 0 Å². The van der Waals surface area contributed by atoms with Crippen LogP contribution in [0.2, 0.25) is 5.02 Å². The molecule has 1 saturated heterocycles. The second-order valence-corrected chi connectivity index (χ2v) is 8.87. The molecule has 1 aliphatic rings. The van der Waals surface area contributed by atoms with E-state index in [1.165, 1.54) is 46.8 Å². The number of anilines is 1. The first-order valence-corrected chi connectivity index (χ1v) is 11.0. The number of nitrogens with one attached hydrogen (secondary N) is 1. The maximum atomic E-state index is 12.8. The highest BCUT2D eigenvalue weighted by atomic mass is 35.5. The Morgan fingerprint density at radius 3 is 2.45 bits per heavy atom. The van der Waals surface area contributed by atoms with Gasteiger partial charge in [-0.05, 0) is 30.3 Å². The molecule has 1 amide bonds. The van der Waals surface area contributed by atoms with Gasteiger partial charge in [0.2, 0.25) is 10.0 Å². The number of hydrogen-bond donors (Lipinski definition) is 1. The minimum atomic E-state index is -3.77. The van der Waals surface area contributed by atoms with Crippen molar-refractivity contribution in [3.63, 3.8) is 0 Å². The number of aldehydes is 1. The fourth-order valence-electron chi connectivity index (χ4n) is 2.80. The Hall–Kier alpha value is -2.79. The zero-order chi connectivity index (χ0) is 22.4. The zero-order valence-corrected chi connectivity index (χ0v) is 17.8. The van der Waals surface area contributed by atoms with E-state index in [0.717, 1.165) is 0 Å². The topological polar surface area (TPSA) is 119 Å². The van der Waals surface area contributed by atoms with Gasteiger partial charge in [0.15, 0.2) is 6.61 Å². The number of carbonyl (C=O) groups excluding carboxylic acids is 3. The SMILES string of the molecule is O=Cc1ccc(C(=O)OCC(=O)Nc2cc(S(=O)(=O)N3CCOCC3)ccc2Cl)cc1. The van der Waals surface area contributed by atoms with Crippen LogP contribution in [-0.4, -0.2) is 63.8 Å².